The van der Waals surface area contributed by atoms with E-state index < -0.39 is 58.4 Å². The molecule has 0 fully saturated rings. The first-order valence-corrected chi connectivity index (χ1v) is 23.6. The molecule has 0 aliphatic carbocycles. The molecule has 0 aliphatic rings. The van der Waals surface area contributed by atoms with E-state index in [1.165, 1.54) is 135 Å². The van der Waals surface area contributed by atoms with Crippen LogP contribution in [0.2, 0.25) is 0 Å². The Morgan fingerprint density at radius 2 is 0.759 bits per heavy atom. The lowest BCUT2D eigenvalue weighted by molar-refractivity contribution is -0.153. The highest BCUT2D eigenvalue weighted by Gasteiger charge is 2.27. The molecule has 0 radical (unpaired) electrons. The number of allylic oxidation sites excluding steroid dienone is 2. The van der Waals surface area contributed by atoms with E-state index >= 15 is 0 Å². The maximum Gasteiger partial charge on any atom is 0.472 e. The van der Waals surface area contributed by atoms with Gasteiger partial charge in [0.15, 0.2) is 0 Å². The van der Waals surface area contributed by atoms with Crippen LogP contribution in [0.25, 0.3) is 0 Å². The number of aliphatic hydroxyl groups is 2. The Kier molecular flexibility index (Phi) is 39.0. The zero-order chi connectivity index (χ0) is 39.8. The lowest BCUT2D eigenvalue weighted by atomic mass is 10.0. The summed E-state index contributed by atoms with van der Waals surface area (Å²) >= 11 is 0. The number of carbonyl (C=O) groups is 2. The molecule has 10 nitrogen and oxygen atoms in total. The molecule has 0 aromatic carbocycles. The number of unbranched alkanes of at least 4 members (excludes halogenated alkanes) is 26. The number of aliphatic hydroxyl groups excluding tert-OH is 2. The highest BCUT2D eigenvalue weighted by atomic mass is 31.2. The summed E-state index contributed by atoms with van der Waals surface area (Å²) in [6.45, 7) is 2.22. The van der Waals surface area contributed by atoms with Crippen LogP contribution < -0.4 is 0 Å². The van der Waals surface area contributed by atoms with Crippen molar-refractivity contribution in [1.82, 2.24) is 0 Å². The van der Waals surface area contributed by atoms with Crippen LogP contribution in [0.5, 0.6) is 0 Å². The van der Waals surface area contributed by atoms with Gasteiger partial charge in [0.1, 0.15) is 12.2 Å². The average Bonchev–Trinajstić information content (AvgIpc) is 3.16. The standard InChI is InChI=1S/C43H83O10P/c1-3-5-7-9-11-13-15-17-18-19-20-21-22-23-25-27-29-31-33-35-43(47)53-41(37-45)39-51-54(48,49)50-38-40(36-44)52-42(46)34-32-30-28-26-24-16-14-12-10-8-6-4-2/h17-18,40-41,44-45H,3-16,19-39H2,1-2H3,(H,48,49)/b18-17-. The third-order valence-corrected chi connectivity index (χ3v) is 10.7. The topological polar surface area (TPSA) is 149 Å². The predicted octanol–water partition coefficient (Wildman–Crippen LogP) is 11.6. The van der Waals surface area contributed by atoms with Crippen LogP contribution in [-0.2, 0) is 32.7 Å². The fourth-order valence-corrected chi connectivity index (χ4v) is 7.07. The molecule has 3 atom stereocenters. The number of carbonyl (C=O) groups excluding carboxylic acids is 2. The molecule has 0 rings (SSSR count). The van der Waals surface area contributed by atoms with E-state index in [2.05, 4.69) is 26.0 Å². The van der Waals surface area contributed by atoms with Gasteiger partial charge in [0, 0.05) is 12.8 Å². The van der Waals surface area contributed by atoms with E-state index in [9.17, 15) is 29.3 Å². The molecule has 0 saturated carbocycles. The van der Waals surface area contributed by atoms with Crippen molar-refractivity contribution in [3.8, 4) is 0 Å². The molecule has 0 saturated heterocycles. The maximum atomic E-state index is 12.3. The summed E-state index contributed by atoms with van der Waals surface area (Å²) in [6.07, 6.45) is 37.5. The molecule has 0 aromatic heterocycles. The molecule has 3 unspecified atom stereocenters. The number of esters is 2. The van der Waals surface area contributed by atoms with E-state index in [0.29, 0.717) is 12.8 Å². The Morgan fingerprint density at radius 1 is 0.481 bits per heavy atom. The Bertz CT molecular complexity index is 915. The Balaban J connectivity index is 3.87. The molecule has 54 heavy (non-hydrogen) atoms. The monoisotopic (exact) mass is 791 g/mol. The normalized spacial score (nSPS) is 13.9. The van der Waals surface area contributed by atoms with E-state index in [4.69, 9.17) is 18.5 Å². The highest BCUT2D eigenvalue weighted by molar-refractivity contribution is 7.47. The van der Waals surface area contributed by atoms with Crippen LogP contribution in [0, 0.1) is 0 Å². The van der Waals surface area contributed by atoms with Crippen molar-refractivity contribution in [2.45, 2.75) is 225 Å². The van der Waals surface area contributed by atoms with Crippen molar-refractivity contribution in [2.75, 3.05) is 26.4 Å². The minimum Gasteiger partial charge on any atom is -0.457 e. The zero-order valence-corrected chi connectivity index (χ0v) is 35.6. The molecule has 0 bridgehead atoms. The van der Waals surface area contributed by atoms with Gasteiger partial charge in [-0.3, -0.25) is 18.6 Å². The van der Waals surface area contributed by atoms with Gasteiger partial charge >= 0.3 is 19.8 Å². The Labute approximate surface area is 330 Å². The number of hydrogen-bond donors (Lipinski definition) is 3. The molecule has 0 aliphatic heterocycles. The second-order valence-electron chi connectivity index (χ2n) is 15.0. The minimum atomic E-state index is -4.63. The van der Waals surface area contributed by atoms with Crippen molar-refractivity contribution in [3.63, 3.8) is 0 Å². The van der Waals surface area contributed by atoms with E-state index in [1.807, 2.05) is 0 Å². The quantitative estimate of drug-likeness (QED) is 0.0236. The molecule has 11 heteroatoms. The molecule has 0 spiro atoms. The SMILES string of the molecule is CCCCCCCC/C=C\CCCCCCCCCCCC(=O)OC(CO)COP(=O)(O)OCC(CO)OC(=O)CCCCCCCCCCCCCC. The van der Waals surface area contributed by atoms with E-state index in [-0.39, 0.29) is 12.8 Å². The average molecular weight is 791 g/mol. The van der Waals surface area contributed by atoms with Gasteiger partial charge in [0.2, 0.25) is 0 Å². The van der Waals surface area contributed by atoms with Gasteiger partial charge in [-0.05, 0) is 38.5 Å². The van der Waals surface area contributed by atoms with Gasteiger partial charge < -0.3 is 24.6 Å². The second-order valence-corrected chi connectivity index (χ2v) is 16.5. The first-order valence-electron chi connectivity index (χ1n) is 22.1. The number of hydrogen-bond acceptors (Lipinski definition) is 9. The number of phosphoric ester groups is 1. The summed E-state index contributed by atoms with van der Waals surface area (Å²) in [6, 6.07) is 0. The summed E-state index contributed by atoms with van der Waals surface area (Å²) < 4.78 is 32.6. The van der Waals surface area contributed by atoms with Crippen LogP contribution >= 0.6 is 7.82 Å². The second kappa shape index (κ2) is 39.9. The molecule has 0 aromatic rings. The summed E-state index contributed by atoms with van der Waals surface area (Å²) in [7, 11) is -4.63. The molecule has 0 heterocycles. The van der Waals surface area contributed by atoms with E-state index in [1.54, 1.807) is 0 Å². The number of phosphoric acid groups is 1. The smallest absolute Gasteiger partial charge is 0.457 e. The fraction of sp³-hybridized carbons (Fsp3) is 0.907. The molecule has 3 N–H and O–H groups in total. The first kappa shape index (κ1) is 52.7. The Morgan fingerprint density at radius 3 is 1.06 bits per heavy atom. The van der Waals surface area contributed by atoms with Gasteiger partial charge in [0.05, 0.1) is 26.4 Å². The first-order chi connectivity index (χ1) is 26.3. The van der Waals surface area contributed by atoms with Gasteiger partial charge in [-0.2, -0.15) is 0 Å². The lowest BCUT2D eigenvalue weighted by Gasteiger charge is -2.20. The maximum absolute atomic E-state index is 12.3. The van der Waals surface area contributed by atoms with Gasteiger partial charge in [0.25, 0.3) is 0 Å². The highest BCUT2D eigenvalue weighted by Crippen LogP contribution is 2.43. The van der Waals surface area contributed by atoms with Crippen LogP contribution in [0.1, 0.15) is 213 Å². The van der Waals surface area contributed by atoms with Gasteiger partial charge in [-0.1, -0.05) is 174 Å². The van der Waals surface area contributed by atoms with Crippen LogP contribution in [0.15, 0.2) is 12.2 Å². The fourth-order valence-electron chi connectivity index (χ4n) is 6.29. The van der Waals surface area contributed by atoms with Crippen molar-refractivity contribution in [2.24, 2.45) is 0 Å². The predicted molar refractivity (Wildman–Crippen MR) is 219 cm³/mol. The van der Waals surface area contributed by atoms with Crippen LogP contribution in [0.4, 0.5) is 0 Å². The summed E-state index contributed by atoms with van der Waals surface area (Å²) in [5.41, 5.74) is 0. The summed E-state index contributed by atoms with van der Waals surface area (Å²) in [4.78, 5) is 34.5. The summed E-state index contributed by atoms with van der Waals surface area (Å²) in [5, 5.41) is 19.1. The van der Waals surface area contributed by atoms with Crippen molar-refractivity contribution < 1.29 is 47.8 Å². The van der Waals surface area contributed by atoms with Gasteiger partial charge in [-0.25, -0.2) is 4.57 Å². The Hall–Kier alpha value is -1.29. The van der Waals surface area contributed by atoms with Crippen molar-refractivity contribution >= 4 is 19.8 Å². The molecular formula is C43H83O10P. The van der Waals surface area contributed by atoms with Crippen molar-refractivity contribution in [3.05, 3.63) is 12.2 Å². The minimum absolute atomic E-state index is 0.193. The molecule has 320 valence electrons. The largest absolute Gasteiger partial charge is 0.472 e. The lowest BCUT2D eigenvalue weighted by Crippen LogP contribution is -2.28. The van der Waals surface area contributed by atoms with Gasteiger partial charge in [-0.15, -0.1) is 0 Å². The van der Waals surface area contributed by atoms with Crippen molar-refractivity contribution in [1.29, 1.82) is 0 Å². The summed E-state index contributed by atoms with van der Waals surface area (Å²) in [5.74, 6) is -1.01. The van der Waals surface area contributed by atoms with Crippen LogP contribution in [-0.4, -0.2) is 65.7 Å². The molecular weight excluding hydrogens is 707 g/mol. The third-order valence-electron chi connectivity index (χ3n) is 9.73. The van der Waals surface area contributed by atoms with Crippen LogP contribution in [0.3, 0.4) is 0 Å². The molecule has 0 amide bonds. The van der Waals surface area contributed by atoms with E-state index in [0.717, 1.165) is 38.5 Å². The zero-order valence-electron chi connectivity index (χ0n) is 34.7. The number of rotatable bonds is 42. The number of ether oxygens (including phenoxy) is 2. The third kappa shape index (κ3) is 37.6.